The fraction of sp³-hybridized carbons (Fsp3) is 0.308. The van der Waals surface area contributed by atoms with Crippen LogP contribution in [0.15, 0.2) is 22.7 Å². The highest BCUT2D eigenvalue weighted by atomic mass is 79.9. The molecule has 1 aromatic carbocycles. The molecule has 1 saturated heterocycles. The Morgan fingerprint density at radius 3 is 2.80 bits per heavy atom. The molecular weight excluding hydrogens is 328 g/mol. The zero-order chi connectivity index (χ0) is 14.7. The van der Waals surface area contributed by atoms with Gasteiger partial charge in [0.25, 0.3) is 5.91 Å². The molecule has 7 heteroatoms. The van der Waals surface area contributed by atoms with Crippen LogP contribution in [0.4, 0.5) is 0 Å². The van der Waals surface area contributed by atoms with Gasteiger partial charge in [0.2, 0.25) is 11.8 Å². The molecule has 1 atom stereocenters. The van der Waals surface area contributed by atoms with Gasteiger partial charge >= 0.3 is 0 Å². The van der Waals surface area contributed by atoms with Gasteiger partial charge in [0.1, 0.15) is 11.8 Å². The molecule has 0 aromatic heterocycles. The lowest BCUT2D eigenvalue weighted by Gasteiger charge is -2.21. The molecule has 2 rings (SSSR count). The van der Waals surface area contributed by atoms with E-state index in [-0.39, 0.29) is 18.2 Å². The van der Waals surface area contributed by atoms with Crippen LogP contribution in [-0.2, 0) is 9.59 Å². The fourth-order valence-corrected chi connectivity index (χ4v) is 2.42. The fourth-order valence-electron chi connectivity index (χ4n) is 1.88. The number of nitrogens with one attached hydrogen (secondary N) is 2. The van der Waals surface area contributed by atoms with Gasteiger partial charge in [0.15, 0.2) is 0 Å². The Labute approximate surface area is 124 Å². The Bertz CT molecular complexity index is 573. The highest BCUT2D eigenvalue weighted by Gasteiger charge is 2.28. The molecule has 0 radical (unpaired) electrons. The average Bonchev–Trinajstić information content (AvgIpc) is 2.41. The summed E-state index contributed by atoms with van der Waals surface area (Å²) in [4.78, 5) is 34.6. The van der Waals surface area contributed by atoms with Gasteiger partial charge < -0.3 is 10.1 Å². The van der Waals surface area contributed by atoms with E-state index in [4.69, 9.17) is 4.74 Å². The van der Waals surface area contributed by atoms with Crippen molar-refractivity contribution >= 4 is 33.7 Å². The molecule has 1 unspecified atom stereocenters. The Hall–Kier alpha value is -1.89. The van der Waals surface area contributed by atoms with E-state index < -0.39 is 11.9 Å². The average molecular weight is 341 g/mol. The maximum Gasteiger partial charge on any atom is 0.251 e. The zero-order valence-corrected chi connectivity index (χ0v) is 12.3. The van der Waals surface area contributed by atoms with E-state index in [0.717, 1.165) is 0 Å². The van der Waals surface area contributed by atoms with Crippen molar-refractivity contribution in [2.24, 2.45) is 0 Å². The molecule has 0 saturated carbocycles. The van der Waals surface area contributed by atoms with Crippen LogP contribution in [0, 0.1) is 0 Å². The smallest absolute Gasteiger partial charge is 0.251 e. The van der Waals surface area contributed by atoms with Gasteiger partial charge in [-0.15, -0.1) is 0 Å². The molecule has 20 heavy (non-hydrogen) atoms. The lowest BCUT2D eigenvalue weighted by Crippen LogP contribution is -2.52. The molecule has 1 aliphatic rings. The number of carbonyl (C=O) groups is 3. The number of methoxy groups -OCH3 is 1. The third kappa shape index (κ3) is 3.16. The Balaban J connectivity index is 2.06. The minimum absolute atomic E-state index is 0.225. The van der Waals surface area contributed by atoms with Gasteiger partial charge in [-0.2, -0.15) is 0 Å². The van der Waals surface area contributed by atoms with Crippen LogP contribution < -0.4 is 15.4 Å². The number of imide groups is 1. The zero-order valence-electron chi connectivity index (χ0n) is 10.7. The van der Waals surface area contributed by atoms with E-state index in [2.05, 4.69) is 26.6 Å². The summed E-state index contributed by atoms with van der Waals surface area (Å²) in [6, 6.07) is 4.19. The summed E-state index contributed by atoms with van der Waals surface area (Å²) in [7, 11) is 1.53. The minimum atomic E-state index is -0.680. The minimum Gasteiger partial charge on any atom is -0.496 e. The lowest BCUT2D eigenvalue weighted by molar-refractivity contribution is -0.134. The SMILES string of the molecule is COc1ccc(C(=O)NC2CCC(=O)NC2=O)cc1Br. The first-order chi connectivity index (χ1) is 9.51. The van der Waals surface area contributed by atoms with E-state index >= 15 is 0 Å². The van der Waals surface area contributed by atoms with E-state index in [1.54, 1.807) is 18.2 Å². The number of rotatable bonds is 3. The van der Waals surface area contributed by atoms with Crippen molar-refractivity contribution in [1.29, 1.82) is 0 Å². The standard InChI is InChI=1S/C13H13BrN2O4/c1-20-10-4-2-7(6-8(10)14)12(18)15-9-3-5-11(17)16-13(9)19/h2,4,6,9H,3,5H2,1H3,(H,15,18)(H,16,17,19). The van der Waals surface area contributed by atoms with Crippen LogP contribution in [0.1, 0.15) is 23.2 Å². The molecule has 106 valence electrons. The molecular formula is C13H13BrN2O4. The number of ether oxygens (including phenoxy) is 1. The molecule has 0 aliphatic carbocycles. The molecule has 6 nitrogen and oxygen atoms in total. The van der Waals surface area contributed by atoms with Crippen molar-refractivity contribution in [3.05, 3.63) is 28.2 Å². The number of amides is 3. The van der Waals surface area contributed by atoms with E-state index in [0.29, 0.717) is 22.2 Å². The summed E-state index contributed by atoms with van der Waals surface area (Å²) in [5, 5.41) is 4.80. The van der Waals surface area contributed by atoms with Crippen LogP contribution in [0.2, 0.25) is 0 Å². The second kappa shape index (κ2) is 6.04. The molecule has 3 amide bonds. The van der Waals surface area contributed by atoms with E-state index in [1.165, 1.54) is 7.11 Å². The first-order valence-electron chi connectivity index (χ1n) is 5.99. The van der Waals surface area contributed by atoms with Crippen LogP contribution in [0.3, 0.4) is 0 Å². The van der Waals surface area contributed by atoms with Crippen LogP contribution in [0.5, 0.6) is 5.75 Å². The topological polar surface area (TPSA) is 84.5 Å². The van der Waals surface area contributed by atoms with Crippen LogP contribution >= 0.6 is 15.9 Å². The summed E-state index contributed by atoms with van der Waals surface area (Å²) in [6.45, 7) is 0. The second-order valence-electron chi connectivity index (χ2n) is 4.33. The molecule has 0 spiro atoms. The first-order valence-corrected chi connectivity index (χ1v) is 6.78. The normalized spacial score (nSPS) is 18.4. The van der Waals surface area contributed by atoms with Crippen molar-refractivity contribution in [2.45, 2.75) is 18.9 Å². The van der Waals surface area contributed by atoms with Crippen molar-refractivity contribution in [3.8, 4) is 5.75 Å². The summed E-state index contributed by atoms with van der Waals surface area (Å²) < 4.78 is 5.73. The summed E-state index contributed by atoms with van der Waals surface area (Å²) in [6.07, 6.45) is 0.538. The number of piperidine rings is 1. The van der Waals surface area contributed by atoms with Gasteiger partial charge in [-0.1, -0.05) is 0 Å². The molecule has 0 bridgehead atoms. The van der Waals surface area contributed by atoms with E-state index in [9.17, 15) is 14.4 Å². The number of hydrogen-bond acceptors (Lipinski definition) is 4. The van der Waals surface area contributed by atoms with Gasteiger partial charge in [-0.05, 0) is 40.5 Å². The van der Waals surface area contributed by atoms with Crippen molar-refractivity contribution in [1.82, 2.24) is 10.6 Å². The molecule has 1 heterocycles. The highest BCUT2D eigenvalue weighted by Crippen LogP contribution is 2.25. The summed E-state index contributed by atoms with van der Waals surface area (Å²) in [5.41, 5.74) is 0.405. The van der Waals surface area contributed by atoms with Crippen molar-refractivity contribution < 1.29 is 19.1 Å². The second-order valence-corrected chi connectivity index (χ2v) is 5.18. The molecule has 1 aromatic rings. The largest absolute Gasteiger partial charge is 0.496 e. The monoisotopic (exact) mass is 340 g/mol. The van der Waals surface area contributed by atoms with Crippen molar-refractivity contribution in [2.75, 3.05) is 7.11 Å². The third-order valence-corrected chi connectivity index (χ3v) is 3.58. The van der Waals surface area contributed by atoms with Crippen LogP contribution in [0.25, 0.3) is 0 Å². The summed E-state index contributed by atoms with van der Waals surface area (Å²) >= 11 is 3.29. The lowest BCUT2D eigenvalue weighted by atomic mass is 10.1. The van der Waals surface area contributed by atoms with Gasteiger partial charge in [0.05, 0.1) is 11.6 Å². The van der Waals surface area contributed by atoms with Gasteiger partial charge in [-0.25, -0.2) is 0 Å². The van der Waals surface area contributed by atoms with Gasteiger partial charge in [0, 0.05) is 12.0 Å². The number of halogens is 1. The Morgan fingerprint density at radius 2 is 2.20 bits per heavy atom. The predicted molar refractivity (Wildman–Crippen MR) is 74.3 cm³/mol. The molecule has 2 N–H and O–H groups in total. The first kappa shape index (κ1) is 14.5. The van der Waals surface area contributed by atoms with E-state index in [1.807, 2.05) is 0 Å². The highest BCUT2D eigenvalue weighted by molar-refractivity contribution is 9.10. The maximum absolute atomic E-state index is 12.1. The quantitative estimate of drug-likeness (QED) is 0.803. The number of carbonyl (C=O) groups excluding carboxylic acids is 3. The van der Waals surface area contributed by atoms with Crippen LogP contribution in [-0.4, -0.2) is 30.9 Å². The maximum atomic E-state index is 12.1. The predicted octanol–water partition coefficient (Wildman–Crippen LogP) is 0.993. The van der Waals surface area contributed by atoms with Crippen molar-refractivity contribution in [3.63, 3.8) is 0 Å². The molecule has 1 fully saturated rings. The molecule has 1 aliphatic heterocycles. The number of hydrogen-bond donors (Lipinski definition) is 2. The summed E-state index contributed by atoms with van der Waals surface area (Å²) in [5.74, 6) is -0.541. The Morgan fingerprint density at radius 1 is 1.45 bits per heavy atom. The number of benzene rings is 1. The van der Waals surface area contributed by atoms with Gasteiger partial charge in [-0.3, -0.25) is 19.7 Å². The third-order valence-electron chi connectivity index (χ3n) is 2.96. The Kier molecular flexibility index (Phi) is 4.39.